The Morgan fingerprint density at radius 2 is 0.708 bits per heavy atom. The third kappa shape index (κ3) is 22.8. The molecule has 0 atom stereocenters. The summed E-state index contributed by atoms with van der Waals surface area (Å²) in [6.45, 7) is 2.50. The van der Waals surface area contributed by atoms with Crippen LogP contribution in [-0.4, -0.2) is 6.69 Å². The van der Waals surface area contributed by atoms with Crippen molar-refractivity contribution in [2.75, 3.05) is 0 Å². The molecule has 24 heavy (non-hydrogen) atoms. The van der Waals surface area contributed by atoms with E-state index >= 15 is 0 Å². The Kier molecular flexibility index (Phi) is 19.2. The van der Waals surface area contributed by atoms with E-state index in [0.29, 0.717) is 0 Å². The van der Waals surface area contributed by atoms with Crippen molar-refractivity contribution in [1.82, 2.24) is 0 Å². The van der Waals surface area contributed by atoms with Crippen molar-refractivity contribution < 1.29 is 0 Å². The predicted molar refractivity (Wildman–Crippen MR) is 117 cm³/mol. The second-order valence-corrected chi connectivity index (χ2v) is 16.1. The second kappa shape index (κ2) is 18.6. The molecule has 0 saturated heterocycles. The van der Waals surface area contributed by atoms with E-state index < -0.39 is 6.69 Å². The van der Waals surface area contributed by atoms with Crippen LogP contribution < -0.4 is 0 Å². The van der Waals surface area contributed by atoms with Gasteiger partial charge in [-0.05, 0) is 12.6 Å². The number of rotatable bonds is 19. The van der Waals surface area contributed by atoms with Gasteiger partial charge in [-0.15, -0.1) is 22.2 Å². The fraction of sp³-hybridized carbons (Fsp3) is 1.00. The zero-order valence-electron chi connectivity index (χ0n) is 16.7. The average molecular weight is 396 g/mol. The smallest absolute Gasteiger partial charge is 0.146 e. The molecule has 0 aromatic heterocycles. The summed E-state index contributed by atoms with van der Waals surface area (Å²) in [6.07, 6.45) is 25.6. The minimum atomic E-state index is -1.82. The van der Waals surface area contributed by atoms with Gasteiger partial charge in [0.05, 0.1) is 0 Å². The number of unbranched alkanes of at least 4 members (excludes halogenated alkanes) is 17. The molecule has 0 fully saturated rings. The van der Waals surface area contributed by atoms with Crippen molar-refractivity contribution in [3.63, 3.8) is 0 Å². The van der Waals surface area contributed by atoms with E-state index in [9.17, 15) is 0 Å². The first-order valence-electron chi connectivity index (χ1n) is 10.9. The first kappa shape index (κ1) is 24.8. The van der Waals surface area contributed by atoms with Crippen LogP contribution in [0.1, 0.15) is 122 Å². The topological polar surface area (TPSA) is 0 Å². The maximum Gasteiger partial charge on any atom is 0.248 e. The molecule has 3 heteroatoms. The van der Waals surface area contributed by atoms with Crippen molar-refractivity contribution in [2.24, 2.45) is 0 Å². The number of hydrogen-bond donors (Lipinski definition) is 0. The molecule has 0 aliphatic rings. The summed E-state index contributed by atoms with van der Waals surface area (Å²) < 4.78 is 0. The molecule has 0 aromatic rings. The highest BCUT2D eigenvalue weighted by atomic mass is 35.7. The van der Waals surface area contributed by atoms with Gasteiger partial charge < -0.3 is 0 Å². The lowest BCUT2D eigenvalue weighted by Crippen LogP contribution is -2.11. The van der Waals surface area contributed by atoms with Crippen LogP contribution in [-0.2, 0) is 0 Å². The number of halogens is 2. The van der Waals surface area contributed by atoms with Crippen molar-refractivity contribution in [3.05, 3.63) is 0 Å². The molecule has 0 N–H and O–H groups in total. The fourth-order valence-corrected chi connectivity index (χ4v) is 5.01. The van der Waals surface area contributed by atoms with Gasteiger partial charge in [0, 0.05) is 0 Å². The van der Waals surface area contributed by atoms with Crippen LogP contribution in [0.2, 0.25) is 12.6 Å². The quantitative estimate of drug-likeness (QED) is 0.116. The Hall–Kier alpha value is 0.797. The summed E-state index contributed by atoms with van der Waals surface area (Å²) in [4.78, 5) is 0. The van der Waals surface area contributed by atoms with Gasteiger partial charge in [-0.2, -0.15) is 0 Å². The van der Waals surface area contributed by atoms with E-state index in [4.69, 9.17) is 22.2 Å². The molecule has 0 rings (SSSR count). The van der Waals surface area contributed by atoms with E-state index in [1.807, 2.05) is 6.55 Å². The summed E-state index contributed by atoms with van der Waals surface area (Å²) in [5.41, 5.74) is 0. The minimum absolute atomic E-state index is 1.06. The summed E-state index contributed by atoms with van der Waals surface area (Å²) in [5, 5.41) is 0. The molecule has 0 unspecified atom stereocenters. The lowest BCUT2D eigenvalue weighted by Gasteiger charge is -2.09. The first-order chi connectivity index (χ1) is 11.6. The van der Waals surface area contributed by atoms with Gasteiger partial charge in [0.2, 0.25) is 6.69 Å². The van der Waals surface area contributed by atoms with Crippen molar-refractivity contribution in [3.8, 4) is 0 Å². The Morgan fingerprint density at radius 3 is 0.958 bits per heavy atom. The van der Waals surface area contributed by atoms with Crippen LogP contribution in [0.4, 0.5) is 0 Å². The highest BCUT2D eigenvalue weighted by molar-refractivity contribution is 7.44. The maximum absolute atomic E-state index is 6.11. The monoisotopic (exact) mass is 394 g/mol. The summed E-state index contributed by atoms with van der Waals surface area (Å²) >= 11 is 12.2. The summed E-state index contributed by atoms with van der Waals surface area (Å²) in [6, 6.07) is 1.06. The molecule has 0 saturated carbocycles. The Balaban J connectivity index is 3.00. The molecule has 0 aliphatic heterocycles. The van der Waals surface area contributed by atoms with E-state index in [1.165, 1.54) is 116 Å². The predicted octanol–water partition coefficient (Wildman–Crippen LogP) is 9.58. The minimum Gasteiger partial charge on any atom is -0.146 e. The molecule has 146 valence electrons. The first-order valence-corrected chi connectivity index (χ1v) is 15.7. The highest BCUT2D eigenvalue weighted by Crippen LogP contribution is 2.23. The molecule has 0 bridgehead atoms. The third-order valence-corrected chi connectivity index (χ3v) is 7.33. The SMILES string of the molecule is CCCCCCCCCCCCCCCCCCCC[Si](C)(Cl)Cl. The lowest BCUT2D eigenvalue weighted by atomic mass is 10.0. The summed E-state index contributed by atoms with van der Waals surface area (Å²) in [5.74, 6) is 0. The molecule has 0 heterocycles. The standard InChI is InChI=1S/C21H44Cl2Si/c1-3-4-5-6-7-8-9-10-11-12-13-14-15-16-17-18-19-20-21-24(2,22)23/h3-21H2,1-2H3. The van der Waals surface area contributed by atoms with Crippen molar-refractivity contribution in [1.29, 1.82) is 0 Å². The third-order valence-electron chi connectivity index (χ3n) is 4.97. The van der Waals surface area contributed by atoms with Crippen molar-refractivity contribution >= 4 is 28.9 Å². The Bertz CT molecular complexity index is 238. The van der Waals surface area contributed by atoms with Crippen LogP contribution >= 0.6 is 22.2 Å². The van der Waals surface area contributed by atoms with Crippen molar-refractivity contribution in [2.45, 2.75) is 135 Å². The van der Waals surface area contributed by atoms with E-state index in [1.54, 1.807) is 0 Å². The van der Waals surface area contributed by atoms with E-state index in [2.05, 4.69) is 6.92 Å². The van der Waals surface area contributed by atoms with E-state index in [0.717, 1.165) is 6.04 Å². The highest BCUT2D eigenvalue weighted by Gasteiger charge is 2.19. The largest absolute Gasteiger partial charge is 0.248 e. The molecular weight excluding hydrogens is 351 g/mol. The zero-order chi connectivity index (χ0) is 17.9. The van der Waals surface area contributed by atoms with Gasteiger partial charge in [-0.25, -0.2) is 0 Å². The maximum atomic E-state index is 6.11. The average Bonchev–Trinajstić information content (AvgIpc) is 2.52. The summed E-state index contributed by atoms with van der Waals surface area (Å²) in [7, 11) is 0. The molecular formula is C21H44Cl2Si. The lowest BCUT2D eigenvalue weighted by molar-refractivity contribution is 0.526. The fourth-order valence-electron chi connectivity index (χ4n) is 3.34. The molecule has 0 aliphatic carbocycles. The Morgan fingerprint density at radius 1 is 0.458 bits per heavy atom. The van der Waals surface area contributed by atoms with Crippen LogP contribution in [0.25, 0.3) is 0 Å². The van der Waals surface area contributed by atoms with Gasteiger partial charge in [0.1, 0.15) is 0 Å². The van der Waals surface area contributed by atoms with E-state index in [-0.39, 0.29) is 0 Å². The van der Waals surface area contributed by atoms with Crippen LogP contribution in [0.5, 0.6) is 0 Å². The van der Waals surface area contributed by atoms with Crippen LogP contribution in [0.15, 0.2) is 0 Å². The van der Waals surface area contributed by atoms with Crippen LogP contribution in [0.3, 0.4) is 0 Å². The second-order valence-electron chi connectivity index (χ2n) is 7.83. The van der Waals surface area contributed by atoms with Gasteiger partial charge >= 0.3 is 0 Å². The molecule has 0 spiro atoms. The van der Waals surface area contributed by atoms with Crippen LogP contribution in [0, 0.1) is 0 Å². The van der Waals surface area contributed by atoms with Gasteiger partial charge in [-0.3, -0.25) is 0 Å². The Labute approximate surface area is 163 Å². The molecule has 0 radical (unpaired) electrons. The van der Waals surface area contributed by atoms with Gasteiger partial charge in [-0.1, -0.05) is 122 Å². The molecule has 0 amide bonds. The van der Waals surface area contributed by atoms with Gasteiger partial charge in [0.25, 0.3) is 0 Å². The van der Waals surface area contributed by atoms with Gasteiger partial charge in [0.15, 0.2) is 0 Å². The molecule has 0 nitrogen and oxygen atoms in total. The number of hydrogen-bond acceptors (Lipinski definition) is 0. The zero-order valence-corrected chi connectivity index (χ0v) is 19.2. The molecule has 0 aromatic carbocycles. The normalized spacial score (nSPS) is 12.0.